The van der Waals surface area contributed by atoms with Gasteiger partial charge in [-0.05, 0) is 34.8 Å². The number of nitrogens with zero attached hydrogens (tertiary/aromatic N) is 1. The minimum atomic E-state index is -2.65. The van der Waals surface area contributed by atoms with Crippen LogP contribution in [-0.4, -0.2) is 52.4 Å². The smallest absolute Gasteiger partial charge is 0.396 e. The van der Waals surface area contributed by atoms with Crippen LogP contribution in [-0.2, 0) is 35.2 Å². The predicted octanol–water partition coefficient (Wildman–Crippen LogP) is 3.48. The van der Waals surface area contributed by atoms with E-state index in [1.807, 2.05) is 0 Å². The number of oxime groups is 1. The Bertz CT molecular complexity index is 431. The molecule has 1 atom stereocenters. The Hall–Kier alpha value is -0.380. The Balaban J connectivity index is 5.06. The van der Waals surface area contributed by atoms with Gasteiger partial charge in [-0.3, -0.25) is 0 Å². The molecule has 1 N–H and O–H groups in total. The Morgan fingerprint density at radius 3 is 2.42 bits per heavy atom. The lowest BCUT2D eigenvalue weighted by Gasteiger charge is -2.23. The van der Waals surface area contributed by atoms with Crippen LogP contribution in [0.25, 0.3) is 0 Å². The lowest BCUT2D eigenvalue weighted by Crippen LogP contribution is -2.31. The van der Waals surface area contributed by atoms with Crippen LogP contribution >= 0.6 is 17.1 Å². The largest absolute Gasteiger partial charge is 0.413 e. The van der Waals surface area contributed by atoms with Crippen molar-refractivity contribution < 1.29 is 28.2 Å². The molecule has 0 aromatic rings. The maximum absolute atomic E-state index is 11.5. The first-order chi connectivity index (χ1) is 11.5. The van der Waals surface area contributed by atoms with Gasteiger partial charge in [0.05, 0.1) is 0 Å². The summed E-state index contributed by atoms with van der Waals surface area (Å²) in [5.74, 6) is -0.0549. The monoisotopic (exact) mass is 402 g/mol. The molecule has 0 aromatic heterocycles. The van der Waals surface area contributed by atoms with Gasteiger partial charge >= 0.3 is 6.09 Å². The van der Waals surface area contributed by atoms with E-state index in [1.54, 1.807) is 0 Å². The summed E-state index contributed by atoms with van der Waals surface area (Å²) in [5, 5.41) is 6.07. The SMILES string of the molecule is CCCCCCOC(SP(=S)(OC)OC)C(=NOC)OC(=O)NC. The topological polar surface area (TPSA) is 87.6 Å². The van der Waals surface area contributed by atoms with Gasteiger partial charge in [0, 0.05) is 27.9 Å². The molecule has 0 aromatic carbocycles. The van der Waals surface area contributed by atoms with Gasteiger partial charge in [-0.15, -0.1) is 0 Å². The highest BCUT2D eigenvalue weighted by Crippen LogP contribution is 2.61. The number of carbonyl (C=O) groups excluding carboxylic acids is 1. The van der Waals surface area contributed by atoms with Crippen molar-refractivity contribution in [3.8, 4) is 0 Å². The van der Waals surface area contributed by atoms with Crippen molar-refractivity contribution in [3.63, 3.8) is 0 Å². The van der Waals surface area contributed by atoms with E-state index in [0.717, 1.165) is 37.1 Å². The van der Waals surface area contributed by atoms with Crippen molar-refractivity contribution in [2.75, 3.05) is 35.0 Å². The summed E-state index contributed by atoms with van der Waals surface area (Å²) in [5.41, 5.74) is -3.43. The molecule has 0 spiro atoms. The van der Waals surface area contributed by atoms with Crippen LogP contribution < -0.4 is 5.32 Å². The molecule has 0 aliphatic heterocycles. The maximum Gasteiger partial charge on any atom is 0.413 e. The highest BCUT2D eigenvalue weighted by Gasteiger charge is 2.31. The second-order valence-corrected chi connectivity index (χ2v) is 10.9. The van der Waals surface area contributed by atoms with E-state index in [2.05, 4.69) is 17.4 Å². The summed E-state index contributed by atoms with van der Waals surface area (Å²) in [7, 11) is 5.71. The minimum absolute atomic E-state index is 0.0549. The zero-order chi connectivity index (χ0) is 18.4. The average molecular weight is 402 g/mol. The lowest BCUT2D eigenvalue weighted by atomic mass is 10.2. The molecule has 0 fully saturated rings. The standard InChI is InChI=1S/C13H27N2O6PS2/c1-6-7-8-9-10-20-12(24-22(23,18-4)19-5)11(15-17-3)21-13(16)14-2/h12H,6-10H2,1-5H3,(H,14,16). The van der Waals surface area contributed by atoms with Gasteiger partial charge in [0.15, 0.2) is 5.44 Å². The Kier molecular flexibility index (Phi) is 13.6. The number of rotatable bonds is 12. The fraction of sp³-hybridized carbons (Fsp3) is 0.846. The predicted molar refractivity (Wildman–Crippen MR) is 99.8 cm³/mol. The van der Waals surface area contributed by atoms with Crippen LogP contribution in [0.3, 0.4) is 0 Å². The molecule has 0 saturated carbocycles. The summed E-state index contributed by atoms with van der Waals surface area (Å²) in [6.45, 7) is 2.59. The number of ether oxygens (including phenoxy) is 2. The molecule has 0 radical (unpaired) electrons. The van der Waals surface area contributed by atoms with Gasteiger partial charge < -0.3 is 28.7 Å². The third-order valence-electron chi connectivity index (χ3n) is 2.72. The molecule has 24 heavy (non-hydrogen) atoms. The molecule has 11 heteroatoms. The number of carbonyl (C=O) groups is 1. The molecule has 0 saturated heterocycles. The zero-order valence-corrected chi connectivity index (χ0v) is 17.3. The van der Waals surface area contributed by atoms with E-state index in [0.29, 0.717) is 6.61 Å². The second kappa shape index (κ2) is 13.9. The van der Waals surface area contributed by atoms with Crippen molar-refractivity contribution in [3.05, 3.63) is 0 Å². The van der Waals surface area contributed by atoms with Gasteiger partial charge in [-0.1, -0.05) is 26.2 Å². The Morgan fingerprint density at radius 1 is 1.25 bits per heavy atom. The fourth-order valence-corrected chi connectivity index (χ4v) is 4.76. The van der Waals surface area contributed by atoms with Crippen LogP contribution in [0.2, 0.25) is 0 Å². The molecule has 0 aliphatic rings. The summed E-state index contributed by atoms with van der Waals surface area (Å²) in [6.07, 6.45) is 3.48. The van der Waals surface area contributed by atoms with Crippen molar-refractivity contribution in [2.24, 2.45) is 5.16 Å². The van der Waals surface area contributed by atoms with Gasteiger partial charge in [-0.2, -0.15) is 0 Å². The van der Waals surface area contributed by atoms with E-state index in [9.17, 15) is 4.79 Å². The first-order valence-corrected chi connectivity index (χ1v) is 11.6. The average Bonchev–Trinajstić information content (AvgIpc) is 2.59. The van der Waals surface area contributed by atoms with Crippen LogP contribution in [0.1, 0.15) is 32.6 Å². The summed E-state index contributed by atoms with van der Waals surface area (Å²) in [4.78, 5) is 16.3. The number of hydrogen-bond donors (Lipinski definition) is 1. The van der Waals surface area contributed by atoms with E-state index in [-0.39, 0.29) is 5.90 Å². The summed E-state index contributed by atoms with van der Waals surface area (Å²) in [6, 6.07) is 0. The second-order valence-electron chi connectivity index (χ2n) is 4.43. The molecule has 0 bridgehead atoms. The Labute approximate surface area is 152 Å². The molecular formula is C13H27N2O6PS2. The molecule has 0 rings (SSSR count). The molecular weight excluding hydrogens is 375 g/mol. The quantitative estimate of drug-likeness (QED) is 0.133. The number of nitrogens with one attached hydrogen (secondary N) is 1. The van der Waals surface area contributed by atoms with Crippen LogP contribution in [0, 0.1) is 0 Å². The third-order valence-corrected chi connectivity index (χ3v) is 8.32. The molecule has 0 heterocycles. The molecule has 1 unspecified atom stereocenters. The van der Waals surface area contributed by atoms with Crippen molar-refractivity contribution in [2.45, 2.75) is 38.0 Å². The van der Waals surface area contributed by atoms with E-state index >= 15 is 0 Å². The van der Waals surface area contributed by atoms with Crippen molar-refractivity contribution >= 4 is 40.9 Å². The molecule has 0 aliphatic carbocycles. The van der Waals surface area contributed by atoms with Crippen LogP contribution in [0.15, 0.2) is 5.16 Å². The number of alkyl carbamates (subject to hydrolysis) is 1. The minimum Gasteiger partial charge on any atom is -0.396 e. The first kappa shape index (κ1) is 23.6. The van der Waals surface area contributed by atoms with Crippen molar-refractivity contribution in [1.82, 2.24) is 5.32 Å². The van der Waals surface area contributed by atoms with Gasteiger partial charge in [0.2, 0.25) is 5.69 Å². The third kappa shape index (κ3) is 9.80. The lowest BCUT2D eigenvalue weighted by molar-refractivity contribution is 0.117. The van der Waals surface area contributed by atoms with Crippen LogP contribution in [0.4, 0.5) is 4.79 Å². The zero-order valence-electron chi connectivity index (χ0n) is 14.8. The van der Waals surface area contributed by atoms with E-state index in [4.69, 9.17) is 35.2 Å². The number of amides is 1. The summed E-state index contributed by atoms with van der Waals surface area (Å²) >= 11 is 6.44. The van der Waals surface area contributed by atoms with E-state index in [1.165, 1.54) is 28.4 Å². The molecule has 142 valence electrons. The Morgan fingerprint density at radius 2 is 1.92 bits per heavy atom. The van der Waals surface area contributed by atoms with Gasteiger partial charge in [0.1, 0.15) is 7.11 Å². The van der Waals surface area contributed by atoms with Crippen LogP contribution in [0.5, 0.6) is 0 Å². The number of hydrogen-bond acceptors (Lipinski definition) is 9. The maximum atomic E-state index is 11.5. The fourth-order valence-electron chi connectivity index (χ4n) is 1.49. The highest BCUT2D eigenvalue weighted by molar-refractivity contribution is 8.68. The van der Waals surface area contributed by atoms with Gasteiger partial charge in [0.25, 0.3) is 5.90 Å². The summed E-state index contributed by atoms with van der Waals surface area (Å²) < 4.78 is 21.4. The number of unbranched alkanes of at least 4 members (excludes halogenated alkanes) is 3. The highest BCUT2D eigenvalue weighted by atomic mass is 32.9. The molecule has 1 amide bonds. The van der Waals surface area contributed by atoms with E-state index < -0.39 is 17.2 Å². The molecule has 8 nitrogen and oxygen atoms in total. The first-order valence-electron chi connectivity index (χ1n) is 7.48. The normalized spacial score (nSPS) is 13.5. The van der Waals surface area contributed by atoms with Gasteiger partial charge in [-0.25, -0.2) is 4.79 Å². The van der Waals surface area contributed by atoms with Crippen molar-refractivity contribution in [1.29, 1.82) is 0 Å².